The second-order valence-corrected chi connectivity index (χ2v) is 6.25. The number of hydrogen-bond donors (Lipinski definition) is 1. The summed E-state index contributed by atoms with van der Waals surface area (Å²) in [5.41, 5.74) is 1.46. The number of halogens is 1. The van der Waals surface area contributed by atoms with Crippen LogP contribution in [-0.2, 0) is 0 Å². The van der Waals surface area contributed by atoms with Crippen LogP contribution in [0.4, 0.5) is 4.39 Å². The molecule has 0 spiro atoms. The van der Waals surface area contributed by atoms with E-state index < -0.39 is 0 Å². The minimum absolute atomic E-state index is 0.219. The van der Waals surface area contributed by atoms with Gasteiger partial charge in [-0.2, -0.15) is 0 Å². The Morgan fingerprint density at radius 2 is 1.88 bits per heavy atom. The van der Waals surface area contributed by atoms with E-state index in [1.165, 1.54) is 23.5 Å². The average Bonchev–Trinajstić information content (AvgIpc) is 2.98. The summed E-state index contributed by atoms with van der Waals surface area (Å²) < 4.78 is 13.0. The minimum Gasteiger partial charge on any atom is -0.345 e. The molecular weight excluding hydrogens is 327 g/mol. The van der Waals surface area contributed by atoms with Crippen molar-refractivity contribution in [2.45, 2.75) is 19.9 Å². The van der Waals surface area contributed by atoms with Crippen molar-refractivity contribution in [2.75, 3.05) is 0 Å². The van der Waals surface area contributed by atoms with E-state index in [9.17, 15) is 9.18 Å². The summed E-state index contributed by atoms with van der Waals surface area (Å²) in [7, 11) is 0. The van der Waals surface area contributed by atoms with E-state index in [0.29, 0.717) is 21.4 Å². The summed E-state index contributed by atoms with van der Waals surface area (Å²) in [6.07, 6.45) is 3.27. The first-order valence-electron chi connectivity index (χ1n) is 7.35. The Balaban J connectivity index is 1.78. The molecule has 0 fully saturated rings. The van der Waals surface area contributed by atoms with E-state index in [1.807, 2.05) is 6.92 Å². The second-order valence-electron chi connectivity index (χ2n) is 5.25. The average molecular weight is 342 g/mol. The maximum atomic E-state index is 13.0. The number of carbonyl (C=O) groups excluding carboxylic acids is 1. The third kappa shape index (κ3) is 3.46. The van der Waals surface area contributed by atoms with Crippen LogP contribution in [0.25, 0.3) is 10.8 Å². The van der Waals surface area contributed by atoms with Gasteiger partial charge in [0.1, 0.15) is 10.7 Å². The Kier molecular flexibility index (Phi) is 4.61. The van der Waals surface area contributed by atoms with Crippen molar-refractivity contribution in [3.05, 3.63) is 64.7 Å². The SMILES string of the molecule is Cc1nc(-c2ncccn2)sc1C(=O)NC(C)c1ccc(F)cc1. The predicted octanol–water partition coefficient (Wildman–Crippen LogP) is 3.54. The number of nitrogens with zero attached hydrogens (tertiary/aromatic N) is 3. The molecule has 7 heteroatoms. The van der Waals surface area contributed by atoms with Gasteiger partial charge in [0.05, 0.1) is 11.7 Å². The largest absolute Gasteiger partial charge is 0.345 e. The third-order valence-electron chi connectivity index (χ3n) is 3.48. The first-order valence-corrected chi connectivity index (χ1v) is 8.17. The monoisotopic (exact) mass is 342 g/mol. The Bertz CT molecular complexity index is 849. The zero-order valence-corrected chi connectivity index (χ0v) is 14.0. The quantitative estimate of drug-likeness (QED) is 0.787. The standard InChI is InChI=1S/C17H15FN4OS/c1-10(12-4-6-13(18)7-5-12)21-16(23)14-11(2)22-17(24-14)15-19-8-3-9-20-15/h3-10H,1-2H3,(H,21,23). The lowest BCUT2D eigenvalue weighted by atomic mass is 10.1. The van der Waals surface area contributed by atoms with Crippen molar-refractivity contribution in [3.63, 3.8) is 0 Å². The number of nitrogens with one attached hydrogen (secondary N) is 1. The van der Waals surface area contributed by atoms with E-state index in [0.717, 1.165) is 5.56 Å². The molecule has 3 rings (SSSR count). The fourth-order valence-corrected chi connectivity index (χ4v) is 3.13. The predicted molar refractivity (Wildman–Crippen MR) is 90.2 cm³/mol. The molecule has 0 saturated carbocycles. The zero-order chi connectivity index (χ0) is 17.1. The molecule has 0 saturated heterocycles. The van der Waals surface area contributed by atoms with Crippen molar-refractivity contribution >= 4 is 17.2 Å². The molecule has 2 aromatic heterocycles. The van der Waals surface area contributed by atoms with Crippen molar-refractivity contribution in [1.82, 2.24) is 20.3 Å². The van der Waals surface area contributed by atoms with E-state index in [2.05, 4.69) is 20.3 Å². The van der Waals surface area contributed by atoms with E-state index in [-0.39, 0.29) is 17.8 Å². The summed E-state index contributed by atoms with van der Waals surface area (Å²) >= 11 is 1.25. The molecule has 0 bridgehead atoms. The molecule has 0 radical (unpaired) electrons. The zero-order valence-electron chi connectivity index (χ0n) is 13.2. The Hall–Kier alpha value is -2.67. The number of carbonyl (C=O) groups is 1. The highest BCUT2D eigenvalue weighted by Crippen LogP contribution is 2.25. The van der Waals surface area contributed by atoms with Gasteiger partial charge in [-0.3, -0.25) is 4.79 Å². The molecule has 1 unspecified atom stereocenters. The van der Waals surface area contributed by atoms with Crippen LogP contribution in [0.5, 0.6) is 0 Å². The van der Waals surface area contributed by atoms with Crippen molar-refractivity contribution in [2.24, 2.45) is 0 Å². The van der Waals surface area contributed by atoms with Crippen LogP contribution in [0.1, 0.15) is 33.9 Å². The molecule has 24 heavy (non-hydrogen) atoms. The van der Waals surface area contributed by atoms with Crippen LogP contribution >= 0.6 is 11.3 Å². The molecule has 3 aromatic rings. The lowest BCUT2D eigenvalue weighted by molar-refractivity contribution is 0.0943. The molecule has 1 amide bonds. The van der Waals surface area contributed by atoms with Crippen LogP contribution in [0.3, 0.4) is 0 Å². The normalized spacial score (nSPS) is 12.0. The topological polar surface area (TPSA) is 67.8 Å². The van der Waals surface area contributed by atoms with E-state index in [1.54, 1.807) is 37.5 Å². The van der Waals surface area contributed by atoms with Gasteiger partial charge in [0.25, 0.3) is 5.91 Å². The van der Waals surface area contributed by atoms with Gasteiger partial charge in [0, 0.05) is 12.4 Å². The molecule has 0 aliphatic rings. The van der Waals surface area contributed by atoms with Crippen LogP contribution in [0, 0.1) is 12.7 Å². The summed E-state index contributed by atoms with van der Waals surface area (Å²) in [4.78, 5) is 25.7. The fourth-order valence-electron chi connectivity index (χ4n) is 2.21. The summed E-state index contributed by atoms with van der Waals surface area (Å²) in [5.74, 6) is -0.0247. The Labute approximate surface area is 142 Å². The van der Waals surface area contributed by atoms with Gasteiger partial charge in [0.2, 0.25) is 0 Å². The van der Waals surface area contributed by atoms with Gasteiger partial charge in [-0.15, -0.1) is 11.3 Å². The molecule has 122 valence electrons. The van der Waals surface area contributed by atoms with Gasteiger partial charge in [-0.25, -0.2) is 19.3 Å². The van der Waals surface area contributed by atoms with Crippen LogP contribution in [0.2, 0.25) is 0 Å². The highest BCUT2D eigenvalue weighted by molar-refractivity contribution is 7.17. The fraction of sp³-hybridized carbons (Fsp3) is 0.176. The smallest absolute Gasteiger partial charge is 0.263 e. The number of aryl methyl sites for hydroxylation is 1. The van der Waals surface area contributed by atoms with E-state index >= 15 is 0 Å². The number of thiazole rings is 1. The lowest BCUT2D eigenvalue weighted by Crippen LogP contribution is -2.26. The first kappa shape index (κ1) is 16.2. The summed E-state index contributed by atoms with van der Waals surface area (Å²) in [5, 5.41) is 3.51. The molecule has 2 heterocycles. The van der Waals surface area contributed by atoms with Crippen molar-refractivity contribution in [1.29, 1.82) is 0 Å². The molecule has 5 nitrogen and oxygen atoms in total. The molecular formula is C17H15FN4OS. The Morgan fingerprint density at radius 3 is 2.54 bits per heavy atom. The summed E-state index contributed by atoms with van der Waals surface area (Å²) in [6, 6.07) is 7.55. The van der Waals surface area contributed by atoms with Crippen LogP contribution in [-0.4, -0.2) is 20.9 Å². The van der Waals surface area contributed by atoms with Crippen molar-refractivity contribution in [3.8, 4) is 10.8 Å². The molecule has 1 atom stereocenters. The second kappa shape index (κ2) is 6.84. The highest BCUT2D eigenvalue weighted by Gasteiger charge is 2.19. The van der Waals surface area contributed by atoms with Gasteiger partial charge < -0.3 is 5.32 Å². The third-order valence-corrected chi connectivity index (χ3v) is 4.63. The molecule has 0 aliphatic heterocycles. The number of hydrogen-bond acceptors (Lipinski definition) is 5. The molecule has 0 aliphatic carbocycles. The lowest BCUT2D eigenvalue weighted by Gasteiger charge is -2.13. The summed E-state index contributed by atoms with van der Waals surface area (Å²) in [6.45, 7) is 3.63. The van der Waals surface area contributed by atoms with Crippen LogP contribution < -0.4 is 5.32 Å². The number of rotatable bonds is 4. The van der Waals surface area contributed by atoms with Gasteiger partial charge >= 0.3 is 0 Å². The van der Waals surface area contributed by atoms with E-state index in [4.69, 9.17) is 0 Å². The maximum absolute atomic E-state index is 13.0. The van der Waals surface area contributed by atoms with Gasteiger partial charge in [-0.05, 0) is 37.6 Å². The minimum atomic E-state index is -0.303. The number of benzene rings is 1. The number of aromatic nitrogens is 3. The number of amides is 1. The van der Waals surface area contributed by atoms with Crippen molar-refractivity contribution < 1.29 is 9.18 Å². The van der Waals surface area contributed by atoms with Crippen LogP contribution in [0.15, 0.2) is 42.7 Å². The maximum Gasteiger partial charge on any atom is 0.263 e. The first-order chi connectivity index (χ1) is 11.5. The van der Waals surface area contributed by atoms with Gasteiger partial charge in [-0.1, -0.05) is 12.1 Å². The molecule has 1 N–H and O–H groups in total. The molecule has 1 aromatic carbocycles. The highest BCUT2D eigenvalue weighted by atomic mass is 32.1. The van der Waals surface area contributed by atoms with Gasteiger partial charge in [0.15, 0.2) is 10.8 Å². The Morgan fingerprint density at radius 1 is 1.21 bits per heavy atom.